The average Bonchev–Trinajstić information content (AvgIpc) is 2.49. The summed E-state index contributed by atoms with van der Waals surface area (Å²) < 4.78 is 0. The lowest BCUT2D eigenvalue weighted by molar-refractivity contribution is -0.110. The number of nitrogens with zero attached hydrogens (tertiary/aromatic N) is 2. The number of carbonyl (C=O) groups is 1. The summed E-state index contributed by atoms with van der Waals surface area (Å²) in [5.41, 5.74) is 2.07. The van der Waals surface area contributed by atoms with Crippen molar-refractivity contribution in [3.8, 4) is 0 Å². The number of hydrazine groups is 1. The summed E-state index contributed by atoms with van der Waals surface area (Å²) in [5.74, 6) is 4.46. The quantitative estimate of drug-likeness (QED) is 0.336. The second kappa shape index (κ2) is 4.21. The minimum atomic E-state index is -0.492. The topological polar surface area (TPSA) is 92.9 Å². The number of anilines is 1. The van der Waals surface area contributed by atoms with Gasteiger partial charge in [0, 0.05) is 0 Å². The number of nitrogens with two attached hydrogens (primary N) is 1. The number of hydrogen-bond acceptors (Lipinski definition) is 6. The van der Waals surface area contributed by atoms with Crippen molar-refractivity contribution in [3.63, 3.8) is 0 Å². The van der Waals surface area contributed by atoms with Crippen molar-refractivity contribution in [1.82, 2.24) is 15.6 Å². The normalized spacial score (nSPS) is 9.38. The van der Waals surface area contributed by atoms with E-state index >= 15 is 0 Å². The Kier molecular flexibility index (Phi) is 3.23. The highest BCUT2D eigenvalue weighted by Crippen LogP contribution is 2.12. The van der Waals surface area contributed by atoms with E-state index in [1.165, 1.54) is 11.3 Å². The summed E-state index contributed by atoms with van der Waals surface area (Å²) in [4.78, 5) is 11.0. The smallest absolute Gasteiger partial charge is 0.286 e. The minimum Gasteiger partial charge on any atom is -0.310 e. The molecule has 1 heterocycles. The molecule has 0 aliphatic carbocycles. The monoisotopic (exact) mass is 217 g/mol. The van der Waals surface area contributed by atoms with Gasteiger partial charge in [0.25, 0.3) is 5.91 Å². The maximum Gasteiger partial charge on any atom is 0.286 e. The molecular formula is C5H7N5OS2. The molecule has 0 bridgehead atoms. The van der Waals surface area contributed by atoms with Gasteiger partial charge >= 0.3 is 0 Å². The molecule has 0 fully saturated rings. The van der Waals surface area contributed by atoms with Crippen LogP contribution in [0.5, 0.6) is 0 Å². The van der Waals surface area contributed by atoms with Gasteiger partial charge in [-0.2, -0.15) is 0 Å². The fraction of sp³-hybridized carbons (Fsp3) is 0.200. The predicted molar refractivity (Wildman–Crippen MR) is 53.2 cm³/mol. The Bertz CT molecular complexity index is 335. The van der Waals surface area contributed by atoms with Crippen molar-refractivity contribution in [2.24, 2.45) is 5.84 Å². The number of rotatable bonds is 1. The summed E-state index contributed by atoms with van der Waals surface area (Å²) in [5, 5.41) is 11.0. The van der Waals surface area contributed by atoms with Crippen LogP contribution >= 0.6 is 23.6 Å². The van der Waals surface area contributed by atoms with E-state index in [1.807, 2.05) is 0 Å². The number of thiocarbonyl (C=S) groups is 1. The van der Waals surface area contributed by atoms with Gasteiger partial charge in [0.05, 0.1) is 0 Å². The van der Waals surface area contributed by atoms with Gasteiger partial charge in [0.2, 0.25) is 5.13 Å². The van der Waals surface area contributed by atoms with Crippen LogP contribution < -0.4 is 16.6 Å². The molecule has 0 saturated heterocycles. The molecule has 1 aromatic rings. The van der Waals surface area contributed by atoms with Crippen molar-refractivity contribution < 1.29 is 4.79 Å². The number of aryl methyl sites for hydroxylation is 1. The first kappa shape index (κ1) is 9.96. The van der Waals surface area contributed by atoms with Crippen LogP contribution in [0.3, 0.4) is 0 Å². The van der Waals surface area contributed by atoms with Gasteiger partial charge in [0.1, 0.15) is 5.01 Å². The third kappa shape index (κ3) is 2.68. The van der Waals surface area contributed by atoms with E-state index in [9.17, 15) is 4.79 Å². The number of amides is 1. The summed E-state index contributed by atoms with van der Waals surface area (Å²) in [6, 6.07) is 0. The maximum absolute atomic E-state index is 11.1. The SMILES string of the molecule is Cc1nnc(NC(=O)C(=S)NN)s1. The van der Waals surface area contributed by atoms with Crippen LogP contribution in [-0.4, -0.2) is 21.1 Å². The van der Waals surface area contributed by atoms with Gasteiger partial charge in [0.15, 0.2) is 4.99 Å². The van der Waals surface area contributed by atoms with Gasteiger partial charge in [-0.1, -0.05) is 23.6 Å². The van der Waals surface area contributed by atoms with E-state index in [-0.39, 0.29) is 4.99 Å². The molecule has 0 aliphatic heterocycles. The largest absolute Gasteiger partial charge is 0.310 e. The summed E-state index contributed by atoms with van der Waals surface area (Å²) in [7, 11) is 0. The van der Waals surface area contributed by atoms with Gasteiger partial charge in [-0.3, -0.25) is 10.1 Å². The zero-order chi connectivity index (χ0) is 9.84. The fourth-order valence-electron chi connectivity index (χ4n) is 0.567. The molecule has 1 aromatic heterocycles. The van der Waals surface area contributed by atoms with Crippen LogP contribution in [0.1, 0.15) is 5.01 Å². The first-order valence-corrected chi connectivity index (χ1v) is 4.48. The van der Waals surface area contributed by atoms with E-state index in [4.69, 9.17) is 5.84 Å². The molecule has 0 saturated carbocycles. The van der Waals surface area contributed by atoms with Crippen molar-refractivity contribution in [2.45, 2.75) is 6.92 Å². The van der Waals surface area contributed by atoms with E-state index in [0.717, 1.165) is 5.01 Å². The maximum atomic E-state index is 11.1. The van der Waals surface area contributed by atoms with Crippen molar-refractivity contribution in [3.05, 3.63) is 5.01 Å². The molecular weight excluding hydrogens is 210 g/mol. The molecule has 4 N–H and O–H groups in total. The predicted octanol–water partition coefficient (Wildman–Crippen LogP) is -0.424. The lowest BCUT2D eigenvalue weighted by atomic mass is 10.6. The van der Waals surface area contributed by atoms with E-state index < -0.39 is 5.91 Å². The molecule has 1 rings (SSSR count). The molecule has 1 amide bonds. The summed E-state index contributed by atoms with van der Waals surface area (Å²) in [6.07, 6.45) is 0. The van der Waals surface area contributed by atoms with Crippen molar-refractivity contribution in [2.75, 3.05) is 5.32 Å². The third-order valence-corrected chi connectivity index (χ3v) is 2.14. The van der Waals surface area contributed by atoms with Crippen LogP contribution in [0.25, 0.3) is 0 Å². The molecule has 0 spiro atoms. The standard InChI is InChI=1S/C5H7N5OS2/c1-2-9-10-5(13-2)7-3(11)4(12)8-6/h6H2,1H3,(H,8,12)(H,7,10,11). The van der Waals surface area contributed by atoms with Gasteiger partial charge in [-0.25, -0.2) is 5.84 Å². The van der Waals surface area contributed by atoms with Crippen LogP contribution in [0.4, 0.5) is 5.13 Å². The van der Waals surface area contributed by atoms with E-state index in [2.05, 4.69) is 33.2 Å². The molecule has 0 unspecified atom stereocenters. The van der Waals surface area contributed by atoms with Crippen molar-refractivity contribution >= 4 is 39.6 Å². The minimum absolute atomic E-state index is 0.0900. The van der Waals surface area contributed by atoms with Crippen LogP contribution in [-0.2, 0) is 4.79 Å². The lowest BCUT2D eigenvalue weighted by Crippen LogP contribution is -2.38. The Morgan fingerprint density at radius 1 is 1.62 bits per heavy atom. The Labute approximate surface area is 83.5 Å². The molecule has 8 heteroatoms. The fourth-order valence-corrected chi connectivity index (χ4v) is 1.20. The highest BCUT2D eigenvalue weighted by molar-refractivity contribution is 7.82. The molecule has 0 aromatic carbocycles. The summed E-state index contributed by atoms with van der Waals surface area (Å²) >= 11 is 5.85. The average molecular weight is 217 g/mol. The van der Waals surface area contributed by atoms with E-state index in [0.29, 0.717) is 5.13 Å². The molecule has 0 atom stereocenters. The third-order valence-electron chi connectivity index (χ3n) is 1.08. The number of carbonyl (C=O) groups excluding carboxylic acids is 1. The molecule has 0 aliphatic rings. The zero-order valence-corrected chi connectivity index (χ0v) is 8.33. The number of hydrogen-bond donors (Lipinski definition) is 3. The van der Waals surface area contributed by atoms with Crippen LogP contribution in [0.15, 0.2) is 0 Å². The Morgan fingerprint density at radius 2 is 2.31 bits per heavy atom. The highest BCUT2D eigenvalue weighted by Gasteiger charge is 2.09. The Hall–Kier alpha value is -1.12. The van der Waals surface area contributed by atoms with Crippen LogP contribution in [0, 0.1) is 6.92 Å². The second-order valence-electron chi connectivity index (χ2n) is 2.05. The summed E-state index contributed by atoms with van der Waals surface area (Å²) in [6.45, 7) is 1.78. The van der Waals surface area contributed by atoms with Crippen molar-refractivity contribution in [1.29, 1.82) is 0 Å². The second-order valence-corrected chi connectivity index (χ2v) is 3.64. The number of nitrogens with one attached hydrogen (secondary N) is 2. The highest BCUT2D eigenvalue weighted by atomic mass is 32.1. The first-order valence-electron chi connectivity index (χ1n) is 3.25. The van der Waals surface area contributed by atoms with Gasteiger partial charge in [-0.05, 0) is 6.92 Å². The zero-order valence-electron chi connectivity index (χ0n) is 6.70. The molecule has 70 valence electrons. The number of aromatic nitrogens is 2. The molecule has 0 radical (unpaired) electrons. The van der Waals surface area contributed by atoms with Gasteiger partial charge < -0.3 is 5.43 Å². The van der Waals surface area contributed by atoms with E-state index in [1.54, 1.807) is 6.92 Å². The first-order chi connectivity index (χ1) is 6.13. The van der Waals surface area contributed by atoms with Crippen LogP contribution in [0.2, 0.25) is 0 Å². The lowest BCUT2D eigenvalue weighted by Gasteiger charge is -2.00. The molecule has 13 heavy (non-hydrogen) atoms. The molecule has 6 nitrogen and oxygen atoms in total. The Balaban J connectivity index is 2.60. The van der Waals surface area contributed by atoms with Gasteiger partial charge in [-0.15, -0.1) is 10.2 Å². The Morgan fingerprint density at radius 3 is 2.77 bits per heavy atom.